The van der Waals surface area contributed by atoms with Gasteiger partial charge in [0, 0.05) is 0 Å². The van der Waals surface area contributed by atoms with Crippen molar-refractivity contribution in [1.82, 2.24) is 0 Å². The summed E-state index contributed by atoms with van der Waals surface area (Å²) in [5.74, 6) is 2.17. The van der Waals surface area contributed by atoms with Gasteiger partial charge in [-0.05, 0) is 24.2 Å². The van der Waals surface area contributed by atoms with Gasteiger partial charge in [-0.15, -0.1) is 0 Å². The Bertz CT molecular complexity index is 323. The van der Waals surface area contributed by atoms with Crippen LogP contribution >= 0.6 is 0 Å². The molecule has 0 spiro atoms. The fourth-order valence-corrected chi connectivity index (χ4v) is 2.78. The molecule has 4 heteroatoms. The summed E-state index contributed by atoms with van der Waals surface area (Å²) in [6.07, 6.45) is 9.65. The minimum atomic E-state index is -3.27. The fraction of sp³-hybridized carbons (Fsp3) is 1.00. The van der Waals surface area contributed by atoms with Gasteiger partial charge in [-0.25, -0.2) is 0 Å². The largest absolute Gasteiger partial charge is 0.270 e. The molecule has 0 saturated carbocycles. The van der Waals surface area contributed by atoms with Gasteiger partial charge >= 0.3 is 0 Å². The molecule has 0 aromatic rings. The van der Waals surface area contributed by atoms with Crippen molar-refractivity contribution >= 4 is 10.1 Å². The molecule has 0 aliphatic carbocycles. The van der Waals surface area contributed by atoms with Crippen molar-refractivity contribution in [3.8, 4) is 0 Å². The zero-order valence-electron chi connectivity index (χ0n) is 14.0. The van der Waals surface area contributed by atoms with Gasteiger partial charge in [-0.1, -0.05) is 66.2 Å². The third kappa shape index (κ3) is 14.3. The van der Waals surface area contributed by atoms with Crippen molar-refractivity contribution in [2.75, 3.05) is 12.9 Å². The third-order valence-electron chi connectivity index (χ3n) is 3.78. The van der Waals surface area contributed by atoms with Crippen LogP contribution in [0.3, 0.4) is 0 Å². The van der Waals surface area contributed by atoms with Crippen molar-refractivity contribution in [1.29, 1.82) is 0 Å². The zero-order valence-corrected chi connectivity index (χ0v) is 14.8. The lowest BCUT2D eigenvalue weighted by molar-refractivity contribution is 0.280. The molecule has 0 rings (SSSR count). The number of hydrogen-bond donors (Lipinski definition) is 0. The topological polar surface area (TPSA) is 43.4 Å². The highest BCUT2D eigenvalue weighted by molar-refractivity contribution is 7.85. The average molecular weight is 307 g/mol. The van der Waals surface area contributed by atoms with Gasteiger partial charge in [0.05, 0.1) is 12.9 Å². The minimum absolute atomic E-state index is 0.323. The lowest BCUT2D eigenvalue weighted by atomic mass is 9.93. The van der Waals surface area contributed by atoms with Crippen LogP contribution in [0, 0.1) is 17.8 Å². The molecule has 0 heterocycles. The molecule has 0 aromatic heterocycles. The summed E-state index contributed by atoms with van der Waals surface area (Å²) in [5, 5.41) is 0. The van der Waals surface area contributed by atoms with Crippen LogP contribution in [0.5, 0.6) is 0 Å². The first-order valence-corrected chi connectivity index (χ1v) is 9.86. The van der Waals surface area contributed by atoms with E-state index < -0.39 is 10.1 Å². The van der Waals surface area contributed by atoms with E-state index in [1.54, 1.807) is 0 Å². The first kappa shape index (κ1) is 19.9. The van der Waals surface area contributed by atoms with Crippen molar-refractivity contribution < 1.29 is 12.6 Å². The molecule has 0 aliphatic heterocycles. The van der Waals surface area contributed by atoms with Crippen LogP contribution in [0.2, 0.25) is 0 Å². The van der Waals surface area contributed by atoms with Gasteiger partial charge in [0.1, 0.15) is 0 Å². The molecule has 0 bridgehead atoms. The van der Waals surface area contributed by atoms with Crippen molar-refractivity contribution in [2.45, 2.75) is 72.6 Å². The Labute approximate surface area is 126 Å². The standard InChI is InChI=1S/C16H34O3S/c1-14(2)8-6-9-15(3)10-7-11-16(4)12-13-19-20(5,17)18/h14-16H,6-13H2,1-5H3. The van der Waals surface area contributed by atoms with E-state index in [9.17, 15) is 8.42 Å². The molecule has 0 aromatic carbocycles. The monoisotopic (exact) mass is 306 g/mol. The Morgan fingerprint density at radius 3 is 1.70 bits per heavy atom. The van der Waals surface area contributed by atoms with E-state index in [-0.39, 0.29) is 0 Å². The molecular weight excluding hydrogens is 272 g/mol. The lowest BCUT2D eigenvalue weighted by Crippen LogP contribution is -2.08. The highest BCUT2D eigenvalue weighted by Crippen LogP contribution is 2.20. The van der Waals surface area contributed by atoms with Crippen molar-refractivity contribution in [3.63, 3.8) is 0 Å². The fourth-order valence-electron chi connectivity index (χ4n) is 2.38. The number of hydrogen-bond acceptors (Lipinski definition) is 3. The predicted octanol–water partition coefficient (Wildman–Crippen LogP) is 4.62. The van der Waals surface area contributed by atoms with Crippen LogP contribution in [0.4, 0.5) is 0 Å². The Hall–Kier alpha value is -0.0900. The van der Waals surface area contributed by atoms with E-state index in [4.69, 9.17) is 4.18 Å². The maximum Gasteiger partial charge on any atom is 0.264 e. The van der Waals surface area contributed by atoms with Gasteiger partial charge in [-0.3, -0.25) is 4.18 Å². The van der Waals surface area contributed by atoms with Crippen LogP contribution in [0.25, 0.3) is 0 Å². The average Bonchev–Trinajstić information content (AvgIpc) is 2.26. The van der Waals surface area contributed by atoms with E-state index in [2.05, 4.69) is 27.7 Å². The molecule has 3 nitrogen and oxygen atoms in total. The second-order valence-corrected chi connectivity index (χ2v) is 8.42. The summed E-state index contributed by atoms with van der Waals surface area (Å²) in [5.41, 5.74) is 0. The quantitative estimate of drug-likeness (QED) is 0.494. The van der Waals surface area contributed by atoms with Gasteiger partial charge < -0.3 is 0 Å². The Morgan fingerprint density at radius 1 is 0.800 bits per heavy atom. The van der Waals surface area contributed by atoms with Crippen LogP contribution in [-0.4, -0.2) is 21.3 Å². The molecule has 122 valence electrons. The summed E-state index contributed by atoms with van der Waals surface area (Å²) in [6, 6.07) is 0. The summed E-state index contributed by atoms with van der Waals surface area (Å²) >= 11 is 0. The van der Waals surface area contributed by atoms with Crippen LogP contribution in [-0.2, 0) is 14.3 Å². The van der Waals surface area contributed by atoms with Crippen molar-refractivity contribution in [2.24, 2.45) is 17.8 Å². The Balaban J connectivity index is 3.53. The predicted molar refractivity (Wildman–Crippen MR) is 86.3 cm³/mol. The first-order chi connectivity index (χ1) is 9.20. The van der Waals surface area contributed by atoms with Crippen LogP contribution in [0.15, 0.2) is 0 Å². The molecule has 0 saturated heterocycles. The first-order valence-electron chi connectivity index (χ1n) is 8.05. The third-order valence-corrected chi connectivity index (χ3v) is 4.38. The number of rotatable bonds is 12. The molecule has 20 heavy (non-hydrogen) atoms. The SMILES string of the molecule is CC(C)CCCC(C)CCCC(C)CCOS(C)(=O)=O. The van der Waals surface area contributed by atoms with Crippen LogP contribution in [0.1, 0.15) is 72.6 Å². The van der Waals surface area contributed by atoms with Crippen molar-refractivity contribution in [3.05, 3.63) is 0 Å². The van der Waals surface area contributed by atoms with Gasteiger partial charge in [0.15, 0.2) is 0 Å². The van der Waals surface area contributed by atoms with Crippen LogP contribution < -0.4 is 0 Å². The maximum atomic E-state index is 10.8. The molecule has 0 N–H and O–H groups in total. The van der Waals surface area contributed by atoms with Gasteiger partial charge in [0.25, 0.3) is 10.1 Å². The van der Waals surface area contributed by atoms with E-state index in [0.29, 0.717) is 12.5 Å². The maximum absolute atomic E-state index is 10.8. The Kier molecular flexibility index (Phi) is 10.6. The normalized spacial score (nSPS) is 15.5. The summed E-state index contributed by atoms with van der Waals surface area (Å²) in [7, 11) is -3.27. The molecule has 2 atom stereocenters. The second-order valence-electron chi connectivity index (χ2n) is 6.78. The molecular formula is C16H34O3S. The smallest absolute Gasteiger partial charge is 0.264 e. The van der Waals surface area contributed by atoms with E-state index in [1.807, 2.05) is 0 Å². The minimum Gasteiger partial charge on any atom is -0.270 e. The van der Waals surface area contributed by atoms with E-state index >= 15 is 0 Å². The molecule has 0 fully saturated rings. The molecule has 0 radical (unpaired) electrons. The molecule has 2 unspecified atom stereocenters. The Morgan fingerprint density at radius 2 is 1.25 bits per heavy atom. The molecule has 0 amide bonds. The van der Waals surface area contributed by atoms with E-state index in [0.717, 1.165) is 24.5 Å². The second kappa shape index (κ2) is 10.6. The van der Waals surface area contributed by atoms with E-state index in [1.165, 1.54) is 38.5 Å². The molecule has 0 aliphatic rings. The van der Waals surface area contributed by atoms with Gasteiger partial charge in [0.2, 0.25) is 0 Å². The summed E-state index contributed by atoms with van der Waals surface area (Å²) in [4.78, 5) is 0. The zero-order chi connectivity index (χ0) is 15.6. The highest BCUT2D eigenvalue weighted by Gasteiger charge is 2.08. The highest BCUT2D eigenvalue weighted by atomic mass is 32.2. The lowest BCUT2D eigenvalue weighted by Gasteiger charge is -2.14. The van der Waals surface area contributed by atoms with Gasteiger partial charge in [-0.2, -0.15) is 8.42 Å². The summed E-state index contributed by atoms with van der Waals surface area (Å²) < 4.78 is 26.5. The summed E-state index contributed by atoms with van der Waals surface area (Å²) in [6.45, 7) is 9.41.